The number of aromatic nitrogens is 1. The van der Waals surface area contributed by atoms with Gasteiger partial charge in [0.2, 0.25) is 5.91 Å². The third kappa shape index (κ3) is 3.53. The molecule has 1 amide bonds. The molecule has 1 atom stereocenters. The topological polar surface area (TPSA) is 60.5 Å². The molecule has 6 heteroatoms. The number of hydrogen-bond donors (Lipinski definition) is 1. The number of methoxy groups -OCH3 is 1. The molecular weight excluding hydrogens is 324 g/mol. The first-order chi connectivity index (χ1) is 11.6. The molecule has 1 N–H and O–H groups in total. The number of thiazole rings is 1. The molecule has 0 saturated heterocycles. The number of nitrogens with zero attached hydrogens (tertiary/aromatic N) is 1. The van der Waals surface area contributed by atoms with Crippen LogP contribution < -0.4 is 14.8 Å². The minimum absolute atomic E-state index is 0.0320. The fourth-order valence-corrected chi connectivity index (χ4v) is 3.85. The Balaban J connectivity index is 1.61. The van der Waals surface area contributed by atoms with E-state index in [1.807, 2.05) is 25.1 Å². The van der Waals surface area contributed by atoms with Crippen LogP contribution in [0, 0.1) is 12.8 Å². The summed E-state index contributed by atoms with van der Waals surface area (Å²) in [5, 5.41) is 4.08. The summed E-state index contributed by atoms with van der Waals surface area (Å²) in [4.78, 5) is 18.1. The highest BCUT2D eigenvalue weighted by molar-refractivity contribution is 7.11. The zero-order valence-corrected chi connectivity index (χ0v) is 15.0. The van der Waals surface area contributed by atoms with Gasteiger partial charge in [-0.05, 0) is 31.4 Å². The molecule has 1 aromatic carbocycles. The van der Waals surface area contributed by atoms with Gasteiger partial charge in [-0.1, -0.05) is 13.0 Å². The molecule has 24 heavy (non-hydrogen) atoms. The summed E-state index contributed by atoms with van der Waals surface area (Å²) in [6.45, 7) is 5.02. The molecule has 2 aromatic rings. The van der Waals surface area contributed by atoms with Crippen molar-refractivity contribution in [3.63, 3.8) is 0 Å². The van der Waals surface area contributed by atoms with Gasteiger partial charge in [0.05, 0.1) is 30.3 Å². The van der Waals surface area contributed by atoms with Crippen molar-refractivity contribution in [2.24, 2.45) is 5.92 Å². The molecule has 2 heterocycles. The number of hydrogen-bond acceptors (Lipinski definition) is 5. The van der Waals surface area contributed by atoms with E-state index in [1.54, 1.807) is 18.4 Å². The number of rotatable bonds is 5. The summed E-state index contributed by atoms with van der Waals surface area (Å²) in [5.41, 5.74) is 2.13. The molecule has 0 radical (unpaired) electrons. The Morgan fingerprint density at radius 1 is 1.50 bits per heavy atom. The number of carbonyl (C=O) groups excluding carboxylic acids is 1. The Hall–Kier alpha value is -2.08. The lowest BCUT2D eigenvalue weighted by molar-refractivity contribution is -0.126. The van der Waals surface area contributed by atoms with Crippen molar-refractivity contribution in [2.45, 2.75) is 33.2 Å². The van der Waals surface area contributed by atoms with E-state index in [1.165, 1.54) is 0 Å². The van der Waals surface area contributed by atoms with Crippen LogP contribution >= 0.6 is 11.3 Å². The highest BCUT2D eigenvalue weighted by atomic mass is 32.1. The van der Waals surface area contributed by atoms with Crippen molar-refractivity contribution in [1.29, 1.82) is 0 Å². The Labute approximate surface area is 146 Å². The van der Waals surface area contributed by atoms with E-state index in [9.17, 15) is 4.79 Å². The van der Waals surface area contributed by atoms with E-state index in [4.69, 9.17) is 9.47 Å². The van der Waals surface area contributed by atoms with Crippen molar-refractivity contribution in [1.82, 2.24) is 10.3 Å². The number of aryl methyl sites for hydroxylation is 2. The van der Waals surface area contributed by atoms with Gasteiger partial charge in [-0.2, -0.15) is 0 Å². The number of fused-ring (bicyclic) bond motifs is 1. The van der Waals surface area contributed by atoms with Crippen LogP contribution in [-0.4, -0.2) is 24.6 Å². The average Bonchev–Trinajstić information content (AvgIpc) is 2.98. The maximum atomic E-state index is 12.5. The molecule has 0 unspecified atom stereocenters. The van der Waals surface area contributed by atoms with E-state index in [0.717, 1.165) is 39.1 Å². The third-order valence-electron chi connectivity index (χ3n) is 4.19. The predicted octanol–water partition coefficient (Wildman–Crippen LogP) is 2.89. The van der Waals surface area contributed by atoms with Crippen LogP contribution in [0.25, 0.3) is 0 Å². The first-order valence-electron chi connectivity index (χ1n) is 8.13. The van der Waals surface area contributed by atoms with Crippen molar-refractivity contribution in [2.75, 3.05) is 13.7 Å². The monoisotopic (exact) mass is 346 g/mol. The molecular formula is C18H22N2O3S. The van der Waals surface area contributed by atoms with Crippen LogP contribution in [0.4, 0.5) is 0 Å². The van der Waals surface area contributed by atoms with Crippen LogP contribution in [-0.2, 0) is 24.2 Å². The Morgan fingerprint density at radius 3 is 3.08 bits per heavy atom. The first kappa shape index (κ1) is 16.8. The quantitative estimate of drug-likeness (QED) is 0.904. The molecule has 0 saturated carbocycles. The zero-order valence-electron chi connectivity index (χ0n) is 14.2. The Bertz CT molecular complexity index is 742. The highest BCUT2D eigenvalue weighted by Crippen LogP contribution is 2.31. The fraction of sp³-hybridized carbons (Fsp3) is 0.444. The molecule has 0 aliphatic carbocycles. The van der Waals surface area contributed by atoms with Gasteiger partial charge in [-0.25, -0.2) is 4.98 Å². The maximum absolute atomic E-state index is 12.5. The van der Waals surface area contributed by atoms with E-state index in [-0.39, 0.29) is 11.8 Å². The fourth-order valence-electron chi connectivity index (χ4n) is 2.89. The number of ether oxygens (including phenoxy) is 2. The molecule has 1 aliphatic heterocycles. The van der Waals surface area contributed by atoms with Crippen molar-refractivity contribution < 1.29 is 14.3 Å². The number of carbonyl (C=O) groups is 1. The van der Waals surface area contributed by atoms with Crippen LogP contribution in [0.2, 0.25) is 0 Å². The maximum Gasteiger partial charge on any atom is 0.227 e. The molecule has 1 aliphatic rings. The first-order valence-corrected chi connectivity index (χ1v) is 8.95. The molecule has 3 rings (SSSR count). The molecule has 1 aromatic heterocycles. The summed E-state index contributed by atoms with van der Waals surface area (Å²) in [6, 6.07) is 5.74. The van der Waals surface area contributed by atoms with Gasteiger partial charge >= 0.3 is 0 Å². The Kier molecular flexibility index (Phi) is 5.04. The molecule has 128 valence electrons. The van der Waals surface area contributed by atoms with Gasteiger partial charge in [-0.15, -0.1) is 11.3 Å². The van der Waals surface area contributed by atoms with Crippen LogP contribution in [0.15, 0.2) is 18.2 Å². The average molecular weight is 346 g/mol. The molecule has 0 spiro atoms. The van der Waals surface area contributed by atoms with E-state index >= 15 is 0 Å². The predicted molar refractivity (Wildman–Crippen MR) is 93.8 cm³/mol. The van der Waals surface area contributed by atoms with Crippen LogP contribution in [0.3, 0.4) is 0 Å². The second kappa shape index (κ2) is 7.21. The smallest absolute Gasteiger partial charge is 0.227 e. The Morgan fingerprint density at radius 2 is 2.33 bits per heavy atom. The van der Waals surface area contributed by atoms with E-state index in [0.29, 0.717) is 19.6 Å². The highest BCUT2D eigenvalue weighted by Gasteiger charge is 2.26. The second-order valence-electron chi connectivity index (χ2n) is 5.86. The lowest BCUT2D eigenvalue weighted by atomic mass is 9.96. The molecule has 5 nitrogen and oxygen atoms in total. The van der Waals surface area contributed by atoms with E-state index in [2.05, 4.69) is 17.2 Å². The summed E-state index contributed by atoms with van der Waals surface area (Å²) in [6.07, 6.45) is 1.57. The lowest BCUT2D eigenvalue weighted by Gasteiger charge is -2.25. The summed E-state index contributed by atoms with van der Waals surface area (Å²) < 4.78 is 11.0. The minimum atomic E-state index is -0.162. The van der Waals surface area contributed by atoms with Gasteiger partial charge in [0.25, 0.3) is 0 Å². The van der Waals surface area contributed by atoms with Crippen LogP contribution in [0.1, 0.15) is 28.1 Å². The normalized spacial score (nSPS) is 16.2. The van der Waals surface area contributed by atoms with Crippen molar-refractivity contribution in [3.8, 4) is 11.5 Å². The van der Waals surface area contributed by atoms with Crippen molar-refractivity contribution in [3.05, 3.63) is 39.3 Å². The van der Waals surface area contributed by atoms with Gasteiger partial charge in [-0.3, -0.25) is 4.79 Å². The van der Waals surface area contributed by atoms with Gasteiger partial charge in [0.1, 0.15) is 18.1 Å². The number of amides is 1. The van der Waals surface area contributed by atoms with Gasteiger partial charge < -0.3 is 14.8 Å². The zero-order chi connectivity index (χ0) is 17.1. The minimum Gasteiger partial charge on any atom is -0.497 e. The molecule has 0 bridgehead atoms. The van der Waals surface area contributed by atoms with Crippen molar-refractivity contribution >= 4 is 17.2 Å². The second-order valence-corrected chi connectivity index (χ2v) is 7.15. The molecule has 0 fully saturated rings. The van der Waals surface area contributed by atoms with Crippen LogP contribution in [0.5, 0.6) is 11.5 Å². The summed E-state index contributed by atoms with van der Waals surface area (Å²) in [5.74, 6) is 1.45. The van der Waals surface area contributed by atoms with Gasteiger partial charge in [0.15, 0.2) is 0 Å². The number of benzene rings is 1. The standard InChI is InChI=1S/C18H22N2O3S/c1-4-15-17(24-11(2)20-15)9-19-18(21)13-7-12-5-6-14(22-3)8-16(12)23-10-13/h5-6,8,13H,4,7,9-10H2,1-3H3,(H,19,21)/t13-/m0/s1. The summed E-state index contributed by atoms with van der Waals surface area (Å²) in [7, 11) is 1.63. The summed E-state index contributed by atoms with van der Waals surface area (Å²) >= 11 is 1.65. The number of nitrogens with one attached hydrogen (secondary N) is 1. The lowest BCUT2D eigenvalue weighted by Crippen LogP contribution is -2.37. The third-order valence-corrected chi connectivity index (χ3v) is 5.21. The van der Waals surface area contributed by atoms with E-state index < -0.39 is 0 Å². The van der Waals surface area contributed by atoms with Gasteiger partial charge in [0, 0.05) is 10.9 Å². The SMILES string of the molecule is CCc1nc(C)sc1CNC(=O)[C@@H]1COc2cc(OC)ccc2C1. The largest absolute Gasteiger partial charge is 0.497 e.